The van der Waals surface area contributed by atoms with Crippen molar-refractivity contribution in [2.75, 3.05) is 38.8 Å². The molecule has 292 valence electrons. The van der Waals surface area contributed by atoms with Crippen molar-refractivity contribution in [1.29, 1.82) is 0 Å². The Balaban J connectivity index is 2.08. The largest absolute Gasteiger partial charge is 0.756 e. The molecule has 1 aromatic heterocycles. The van der Waals surface area contributed by atoms with Crippen LogP contribution in [0.5, 0.6) is 0 Å². The maximum atomic E-state index is 12.7. The van der Waals surface area contributed by atoms with Gasteiger partial charge in [-0.25, -0.2) is 18.2 Å². The molecule has 1 aliphatic rings. The average molecular weight is 812 g/mol. The second-order valence-corrected chi connectivity index (χ2v) is 14.3. The number of Topliss-reactive ketones (excluding diaryl/α,β-unsaturated/α-hetero) is 1. The number of phosphoric ester groups is 1. The Labute approximate surface area is 297 Å². The summed E-state index contributed by atoms with van der Waals surface area (Å²) in [4.78, 5) is 99.2. The van der Waals surface area contributed by atoms with Crippen LogP contribution in [0.1, 0.15) is 38.0 Å². The molecule has 28 nitrogen and oxygen atoms in total. The summed E-state index contributed by atoms with van der Waals surface area (Å²) in [5, 5.41) is 11.1. The summed E-state index contributed by atoms with van der Waals surface area (Å²) in [6, 6.07) is -1.41. The fourth-order valence-corrected chi connectivity index (χ4v) is 6.84. The molecule has 1 aliphatic heterocycles. The van der Waals surface area contributed by atoms with E-state index in [4.69, 9.17) is 35.9 Å². The van der Waals surface area contributed by atoms with Crippen LogP contribution < -0.4 is 36.7 Å². The molecule has 0 aliphatic carbocycles. The van der Waals surface area contributed by atoms with Crippen molar-refractivity contribution in [3.8, 4) is 11.8 Å². The molecule has 0 radical (unpaired) electrons. The SMILES string of the molecule is CC(=O)CCCNC(=O)C(COC(=O)NCC#Cc1cn([C@H]2C[C@@H](OCN=[N+]=[N-])[C@@H](COP(=O)([O-])OP(=O)([O-])OP(=O)([O-])O)O2)c(=O)nc1N)N=[N+]=[N-]. The summed E-state index contributed by atoms with van der Waals surface area (Å²) in [7, 11) is -18.1. The van der Waals surface area contributed by atoms with Gasteiger partial charge >= 0.3 is 11.8 Å². The average Bonchev–Trinajstić information content (AvgIpc) is 3.44. The van der Waals surface area contributed by atoms with Gasteiger partial charge in [0.2, 0.25) is 5.91 Å². The number of phosphoric acid groups is 3. The molecule has 0 aromatic carbocycles. The zero-order chi connectivity index (χ0) is 39.8. The predicted molar refractivity (Wildman–Crippen MR) is 166 cm³/mol. The number of hydrogen-bond acceptors (Lipinski definition) is 20. The molecule has 1 fully saturated rings. The molecule has 31 heteroatoms. The van der Waals surface area contributed by atoms with E-state index in [1.54, 1.807) is 0 Å². The summed E-state index contributed by atoms with van der Waals surface area (Å²) >= 11 is 0. The number of amides is 2. The number of nitrogens with zero attached hydrogens (tertiary/aromatic N) is 8. The van der Waals surface area contributed by atoms with E-state index < -0.39 is 85.6 Å². The summed E-state index contributed by atoms with van der Waals surface area (Å²) in [6.07, 6.45) is -3.66. The topological polar surface area (TPSA) is 430 Å². The first-order valence-electron chi connectivity index (χ1n) is 14.4. The monoisotopic (exact) mass is 812 g/mol. The van der Waals surface area contributed by atoms with Gasteiger partial charge in [-0.3, -0.25) is 23.1 Å². The Morgan fingerprint density at radius 3 is 2.57 bits per heavy atom. The first-order valence-corrected chi connectivity index (χ1v) is 18.8. The number of nitrogens with one attached hydrogen (secondary N) is 2. The van der Waals surface area contributed by atoms with Gasteiger partial charge in [-0.05, 0) is 24.4 Å². The van der Waals surface area contributed by atoms with Gasteiger partial charge in [0.1, 0.15) is 37.3 Å². The summed E-state index contributed by atoms with van der Waals surface area (Å²) in [5.74, 6) is 3.86. The fourth-order valence-electron chi connectivity index (χ4n) is 3.94. The van der Waals surface area contributed by atoms with Crippen LogP contribution in [0.4, 0.5) is 10.6 Å². The molecule has 2 rings (SSSR count). The van der Waals surface area contributed by atoms with Crippen LogP contribution in [0.25, 0.3) is 20.9 Å². The zero-order valence-corrected chi connectivity index (χ0v) is 29.7. The van der Waals surface area contributed by atoms with Gasteiger partial charge in [0.25, 0.3) is 23.5 Å². The molecule has 1 aromatic rings. The van der Waals surface area contributed by atoms with E-state index in [1.807, 2.05) is 0 Å². The van der Waals surface area contributed by atoms with Crippen LogP contribution in [0.15, 0.2) is 21.2 Å². The lowest BCUT2D eigenvalue weighted by Gasteiger charge is -2.33. The van der Waals surface area contributed by atoms with Crippen LogP contribution >= 0.6 is 23.5 Å². The van der Waals surface area contributed by atoms with Crippen molar-refractivity contribution < 1.29 is 75.0 Å². The number of hydrogen-bond donors (Lipinski definition) is 4. The van der Waals surface area contributed by atoms with E-state index in [0.717, 1.165) is 10.8 Å². The summed E-state index contributed by atoms with van der Waals surface area (Å²) < 4.78 is 62.0. The number of anilines is 1. The molecule has 1 saturated heterocycles. The standard InChI is InChI=1S/C22H32N11O17P3/c1-13(34)4-2-6-26-20(35)15(30-32-25)10-45-22(37)27-7-3-5-14-9-33(21(36)29-19(14)23)18-8-16(46-12-28-31-24)17(48-18)11-47-52(41,42)50-53(43,44)49-51(38,39)40/h9,15-18H,2,4,6-8,10-12H2,1H3,(H,26,35)(H,27,37)(H,41,42)(H,43,44)(H2,23,29,36)(H2,38,39,40)/p-3/t15?,16-,17-,18-/m1/s1. The number of ether oxygens (including phenoxy) is 3. The smallest absolute Gasteiger partial charge is 0.407 e. The number of nitrogens with two attached hydrogens (primary N) is 1. The van der Waals surface area contributed by atoms with Crippen molar-refractivity contribution in [3.63, 3.8) is 0 Å². The quantitative estimate of drug-likeness (QED) is 0.0289. The first kappa shape index (κ1) is 44.8. The highest BCUT2D eigenvalue weighted by Crippen LogP contribution is 2.61. The van der Waals surface area contributed by atoms with Crippen molar-refractivity contribution in [1.82, 2.24) is 20.2 Å². The fraction of sp³-hybridized carbons (Fsp3) is 0.591. The maximum absolute atomic E-state index is 12.7. The van der Waals surface area contributed by atoms with E-state index in [9.17, 15) is 47.6 Å². The van der Waals surface area contributed by atoms with Gasteiger partial charge in [-0.2, -0.15) is 4.98 Å². The molecule has 4 unspecified atom stereocenters. The molecule has 0 saturated carbocycles. The molecule has 7 atom stereocenters. The molecule has 2 amide bonds. The van der Waals surface area contributed by atoms with Gasteiger partial charge in [-0.15, -0.1) is 0 Å². The number of nitrogen functional groups attached to an aromatic ring is 1. The molecule has 5 N–H and O–H groups in total. The van der Waals surface area contributed by atoms with Crippen LogP contribution in [0, 0.1) is 11.8 Å². The highest BCUT2D eigenvalue weighted by molar-refractivity contribution is 7.65. The summed E-state index contributed by atoms with van der Waals surface area (Å²) in [6.45, 7) is -1.21. The summed E-state index contributed by atoms with van der Waals surface area (Å²) in [5.41, 5.74) is 22.0. The highest BCUT2D eigenvalue weighted by Gasteiger charge is 2.39. The maximum Gasteiger partial charge on any atom is 0.407 e. The van der Waals surface area contributed by atoms with E-state index in [1.165, 1.54) is 6.92 Å². The lowest BCUT2D eigenvalue weighted by molar-refractivity contribution is -0.250. The number of ketones is 1. The van der Waals surface area contributed by atoms with Gasteiger partial charge < -0.3 is 59.5 Å². The number of alkyl carbamates (subject to hydrolysis) is 1. The van der Waals surface area contributed by atoms with E-state index in [0.29, 0.717) is 6.42 Å². The minimum Gasteiger partial charge on any atom is -0.756 e. The molecule has 53 heavy (non-hydrogen) atoms. The lowest BCUT2D eigenvalue weighted by Crippen LogP contribution is -2.38. The zero-order valence-electron chi connectivity index (χ0n) is 27.0. The molecule has 0 spiro atoms. The Morgan fingerprint density at radius 1 is 1.21 bits per heavy atom. The van der Waals surface area contributed by atoms with Crippen molar-refractivity contribution >= 4 is 47.1 Å². The van der Waals surface area contributed by atoms with E-state index in [-0.39, 0.29) is 43.1 Å². The highest BCUT2D eigenvalue weighted by atomic mass is 31.3. The Morgan fingerprint density at radius 2 is 1.92 bits per heavy atom. The number of rotatable bonds is 20. The second kappa shape index (κ2) is 20.7. The second-order valence-electron chi connectivity index (χ2n) is 10.1. The Kier molecular flexibility index (Phi) is 17.5. The van der Waals surface area contributed by atoms with E-state index in [2.05, 4.69) is 60.7 Å². The molecule has 2 heterocycles. The number of azide groups is 2. The lowest BCUT2D eigenvalue weighted by atomic mass is 10.2. The molecule has 0 bridgehead atoms. The normalized spacial score (nSPS) is 20.4. The van der Waals surface area contributed by atoms with Crippen molar-refractivity contribution in [2.24, 2.45) is 10.2 Å². The van der Waals surface area contributed by atoms with Gasteiger partial charge in [0.05, 0.1) is 24.8 Å². The third-order valence-corrected chi connectivity index (χ3v) is 9.79. The van der Waals surface area contributed by atoms with Crippen LogP contribution in [-0.2, 0) is 50.6 Å². The van der Waals surface area contributed by atoms with Crippen LogP contribution in [0.2, 0.25) is 0 Å². The third-order valence-electron chi connectivity index (χ3n) is 6.10. The van der Waals surface area contributed by atoms with Crippen LogP contribution in [0.3, 0.4) is 0 Å². The predicted octanol–water partition coefficient (Wildman–Crippen LogP) is -1.54. The molecular weight excluding hydrogens is 783 g/mol. The minimum atomic E-state index is -6.20. The van der Waals surface area contributed by atoms with Gasteiger partial charge in [0, 0.05) is 35.4 Å². The van der Waals surface area contributed by atoms with Gasteiger partial charge in [0.15, 0.2) is 6.04 Å². The Hall–Kier alpha value is -4.40. The number of carbonyl (C=O) groups is 3. The van der Waals surface area contributed by atoms with Crippen molar-refractivity contribution in [3.05, 3.63) is 43.1 Å². The number of carbonyl (C=O) groups excluding carboxylic acids is 3. The first-order chi connectivity index (χ1) is 24.8. The van der Waals surface area contributed by atoms with Gasteiger partial charge in [-0.1, -0.05) is 22.1 Å². The van der Waals surface area contributed by atoms with Crippen molar-refractivity contribution in [2.45, 2.75) is 50.7 Å². The van der Waals surface area contributed by atoms with E-state index >= 15 is 0 Å². The number of aromatic nitrogens is 2. The third kappa shape index (κ3) is 16.9. The van der Waals surface area contributed by atoms with Crippen LogP contribution in [-0.4, -0.2) is 83.5 Å². The molecular formula is C22H29N11O17P3-3. The minimum absolute atomic E-state index is 0.0804. The Bertz CT molecular complexity index is 1870.